The summed E-state index contributed by atoms with van der Waals surface area (Å²) >= 11 is 0. The van der Waals surface area contributed by atoms with Gasteiger partial charge in [0.25, 0.3) is 0 Å². The molecule has 0 unspecified atom stereocenters. The zero-order chi connectivity index (χ0) is 23.4. The molecule has 0 bridgehead atoms. The van der Waals surface area contributed by atoms with Gasteiger partial charge in [0.05, 0.1) is 12.5 Å². The molecule has 2 saturated heterocycles. The summed E-state index contributed by atoms with van der Waals surface area (Å²) in [5.74, 6) is 0.295. The molecule has 1 atom stereocenters. The summed E-state index contributed by atoms with van der Waals surface area (Å²) in [5, 5.41) is 0. The molecule has 0 saturated carbocycles. The van der Waals surface area contributed by atoms with Crippen LogP contribution in [0.5, 0.6) is 0 Å². The quantitative estimate of drug-likeness (QED) is 0.723. The van der Waals surface area contributed by atoms with Gasteiger partial charge in [0, 0.05) is 45.1 Å². The lowest BCUT2D eigenvalue weighted by atomic mass is 9.78. The molecule has 4 rings (SSSR count). The van der Waals surface area contributed by atoms with E-state index in [1.54, 1.807) is 6.92 Å². The molecule has 6 heteroatoms. The number of piperazine rings is 1. The first kappa shape index (κ1) is 23.0. The van der Waals surface area contributed by atoms with E-state index in [2.05, 4.69) is 0 Å². The number of piperidine rings is 1. The van der Waals surface area contributed by atoms with E-state index in [0.29, 0.717) is 52.0 Å². The van der Waals surface area contributed by atoms with Crippen LogP contribution in [-0.4, -0.2) is 65.1 Å². The Labute approximate surface area is 196 Å². The zero-order valence-corrected chi connectivity index (χ0v) is 19.6. The van der Waals surface area contributed by atoms with Gasteiger partial charge in [-0.05, 0) is 24.0 Å². The summed E-state index contributed by atoms with van der Waals surface area (Å²) in [6.07, 6.45) is 1.72. The second-order valence-electron chi connectivity index (χ2n) is 9.49. The summed E-state index contributed by atoms with van der Waals surface area (Å²) < 4.78 is 0. The predicted octanol–water partition coefficient (Wildman–Crippen LogP) is 3.29. The van der Waals surface area contributed by atoms with E-state index < -0.39 is 5.41 Å². The predicted molar refractivity (Wildman–Crippen MR) is 127 cm³/mol. The van der Waals surface area contributed by atoms with E-state index in [4.69, 9.17) is 0 Å². The average Bonchev–Trinajstić information content (AvgIpc) is 2.84. The summed E-state index contributed by atoms with van der Waals surface area (Å²) in [5.41, 5.74) is 1.59. The molecule has 0 spiro atoms. The minimum Gasteiger partial charge on any atom is -0.342 e. The summed E-state index contributed by atoms with van der Waals surface area (Å²) in [6.45, 7) is 6.42. The number of carbonyl (C=O) groups is 3. The third kappa shape index (κ3) is 5.10. The molecule has 2 aromatic rings. The Hall–Kier alpha value is -3.15. The first-order chi connectivity index (χ1) is 15.9. The van der Waals surface area contributed by atoms with Crippen LogP contribution >= 0.6 is 0 Å². The standard InChI is InChI=1S/C27H33N3O3/c1-21(31)30-18-17-29(20-24(30)23-11-7-4-8-12-23)26(33)27(2)13-15-28(16-14-27)25(32)19-22-9-5-3-6-10-22/h3-12,24H,13-20H2,1-2H3/t24-/m0/s1. The molecule has 174 valence electrons. The number of benzene rings is 2. The van der Waals surface area contributed by atoms with Crippen LogP contribution in [0.2, 0.25) is 0 Å². The second-order valence-corrected chi connectivity index (χ2v) is 9.49. The van der Waals surface area contributed by atoms with Crippen LogP contribution in [0.4, 0.5) is 0 Å². The van der Waals surface area contributed by atoms with Gasteiger partial charge >= 0.3 is 0 Å². The molecular weight excluding hydrogens is 414 g/mol. The maximum atomic E-state index is 13.6. The number of carbonyl (C=O) groups excluding carboxylic acids is 3. The van der Waals surface area contributed by atoms with Crippen molar-refractivity contribution in [1.82, 2.24) is 14.7 Å². The minimum atomic E-state index is -0.483. The van der Waals surface area contributed by atoms with Crippen molar-refractivity contribution in [3.05, 3.63) is 71.8 Å². The molecular formula is C27H33N3O3. The van der Waals surface area contributed by atoms with E-state index in [-0.39, 0.29) is 23.8 Å². The van der Waals surface area contributed by atoms with Gasteiger partial charge < -0.3 is 14.7 Å². The summed E-state index contributed by atoms with van der Waals surface area (Å²) in [7, 11) is 0. The van der Waals surface area contributed by atoms with Crippen LogP contribution in [0.15, 0.2) is 60.7 Å². The zero-order valence-electron chi connectivity index (χ0n) is 19.6. The Morgan fingerprint density at radius 2 is 1.45 bits per heavy atom. The van der Waals surface area contributed by atoms with Crippen LogP contribution in [0.1, 0.15) is 43.9 Å². The largest absolute Gasteiger partial charge is 0.342 e. The molecule has 0 aliphatic carbocycles. The van der Waals surface area contributed by atoms with Crippen molar-refractivity contribution in [2.75, 3.05) is 32.7 Å². The van der Waals surface area contributed by atoms with Crippen LogP contribution < -0.4 is 0 Å². The fourth-order valence-corrected chi connectivity index (χ4v) is 5.03. The van der Waals surface area contributed by atoms with Crippen LogP contribution in [-0.2, 0) is 20.8 Å². The molecule has 2 aliphatic rings. The highest BCUT2D eigenvalue weighted by atomic mass is 16.2. The number of rotatable bonds is 4. The van der Waals surface area contributed by atoms with E-state index in [0.717, 1.165) is 11.1 Å². The van der Waals surface area contributed by atoms with Gasteiger partial charge in [0.15, 0.2) is 0 Å². The number of likely N-dealkylation sites (tertiary alicyclic amines) is 1. The van der Waals surface area contributed by atoms with Crippen molar-refractivity contribution in [2.24, 2.45) is 5.41 Å². The molecule has 0 radical (unpaired) electrons. The lowest BCUT2D eigenvalue weighted by Gasteiger charge is -2.46. The molecule has 2 heterocycles. The Morgan fingerprint density at radius 1 is 0.848 bits per heavy atom. The van der Waals surface area contributed by atoms with Gasteiger partial charge in [-0.25, -0.2) is 0 Å². The lowest BCUT2D eigenvalue weighted by Crippen LogP contribution is -2.56. The molecule has 2 fully saturated rings. The monoisotopic (exact) mass is 447 g/mol. The van der Waals surface area contributed by atoms with Gasteiger partial charge in [-0.1, -0.05) is 67.6 Å². The summed E-state index contributed by atoms with van der Waals surface area (Å²) in [4.78, 5) is 44.3. The maximum Gasteiger partial charge on any atom is 0.228 e. The number of hydrogen-bond donors (Lipinski definition) is 0. The average molecular weight is 448 g/mol. The second kappa shape index (κ2) is 9.77. The van der Waals surface area contributed by atoms with E-state index in [9.17, 15) is 14.4 Å². The number of nitrogens with zero attached hydrogens (tertiary/aromatic N) is 3. The molecule has 3 amide bonds. The van der Waals surface area contributed by atoms with Gasteiger partial charge in [-0.15, -0.1) is 0 Å². The third-order valence-electron chi connectivity index (χ3n) is 7.19. The Bertz CT molecular complexity index is 984. The Balaban J connectivity index is 1.39. The molecule has 6 nitrogen and oxygen atoms in total. The highest BCUT2D eigenvalue weighted by Gasteiger charge is 2.43. The smallest absolute Gasteiger partial charge is 0.228 e. The Kier molecular flexibility index (Phi) is 6.82. The van der Waals surface area contributed by atoms with E-state index >= 15 is 0 Å². The normalized spacial score (nSPS) is 20.4. The fraction of sp³-hybridized carbons (Fsp3) is 0.444. The van der Waals surface area contributed by atoms with Gasteiger partial charge in [0.1, 0.15) is 0 Å². The maximum absolute atomic E-state index is 13.6. The van der Waals surface area contributed by atoms with Crippen LogP contribution in [0, 0.1) is 5.41 Å². The van der Waals surface area contributed by atoms with Crippen molar-refractivity contribution in [1.29, 1.82) is 0 Å². The molecule has 33 heavy (non-hydrogen) atoms. The minimum absolute atomic E-state index is 0.0346. The van der Waals surface area contributed by atoms with Gasteiger partial charge in [-0.3, -0.25) is 14.4 Å². The number of hydrogen-bond acceptors (Lipinski definition) is 3. The first-order valence-corrected chi connectivity index (χ1v) is 11.8. The fourth-order valence-electron chi connectivity index (χ4n) is 5.03. The lowest BCUT2D eigenvalue weighted by molar-refractivity contribution is -0.152. The highest BCUT2D eigenvalue weighted by molar-refractivity contribution is 5.84. The highest BCUT2D eigenvalue weighted by Crippen LogP contribution is 2.35. The summed E-state index contributed by atoms with van der Waals surface area (Å²) in [6, 6.07) is 19.6. The van der Waals surface area contributed by atoms with Crippen molar-refractivity contribution >= 4 is 17.7 Å². The Morgan fingerprint density at radius 3 is 2.06 bits per heavy atom. The first-order valence-electron chi connectivity index (χ1n) is 11.8. The van der Waals surface area contributed by atoms with Crippen molar-refractivity contribution in [2.45, 2.75) is 39.2 Å². The van der Waals surface area contributed by atoms with Crippen LogP contribution in [0.3, 0.4) is 0 Å². The van der Waals surface area contributed by atoms with Crippen LogP contribution in [0.25, 0.3) is 0 Å². The third-order valence-corrected chi connectivity index (χ3v) is 7.19. The molecule has 2 aromatic carbocycles. The van der Waals surface area contributed by atoms with Crippen molar-refractivity contribution < 1.29 is 14.4 Å². The van der Waals surface area contributed by atoms with Crippen molar-refractivity contribution in [3.8, 4) is 0 Å². The van der Waals surface area contributed by atoms with E-state index in [1.807, 2.05) is 82.3 Å². The SMILES string of the molecule is CC(=O)N1CCN(C(=O)C2(C)CCN(C(=O)Cc3ccccc3)CC2)C[C@H]1c1ccccc1. The molecule has 2 aliphatic heterocycles. The molecule has 0 N–H and O–H groups in total. The van der Waals surface area contributed by atoms with Crippen molar-refractivity contribution in [3.63, 3.8) is 0 Å². The van der Waals surface area contributed by atoms with Gasteiger partial charge in [0.2, 0.25) is 17.7 Å². The van der Waals surface area contributed by atoms with Gasteiger partial charge in [-0.2, -0.15) is 0 Å². The number of amides is 3. The molecule has 0 aromatic heterocycles. The topological polar surface area (TPSA) is 60.9 Å². The van der Waals surface area contributed by atoms with E-state index in [1.165, 1.54) is 0 Å².